The smallest absolute Gasteiger partial charge is 0.406 e. The number of nitrogens with zero attached hydrogens (tertiary/aromatic N) is 2. The number of sulfonamides is 1. The number of anilines is 2. The monoisotopic (exact) mass is 591 g/mol. The number of carbonyl (C=O) groups excluding carboxylic acids is 1. The van der Waals surface area contributed by atoms with Gasteiger partial charge in [0.05, 0.1) is 35.4 Å². The summed E-state index contributed by atoms with van der Waals surface area (Å²) in [5, 5.41) is 12.2. The number of benzene rings is 2. The van der Waals surface area contributed by atoms with E-state index in [1.807, 2.05) is 17.9 Å². The topological polar surface area (TPSA) is 119 Å². The highest BCUT2D eigenvalue weighted by Gasteiger charge is 2.30. The normalized spacial score (nSPS) is 14.4. The van der Waals surface area contributed by atoms with Crippen molar-refractivity contribution in [2.75, 3.05) is 37.4 Å². The van der Waals surface area contributed by atoms with Gasteiger partial charge in [-0.25, -0.2) is 13.6 Å². The van der Waals surface area contributed by atoms with Crippen LogP contribution in [0, 0.1) is 11.8 Å². The summed E-state index contributed by atoms with van der Waals surface area (Å²) in [5.41, 5.74) is 1.77. The molecule has 0 aliphatic carbocycles. The lowest BCUT2D eigenvalue weighted by Crippen LogP contribution is -2.42. The van der Waals surface area contributed by atoms with E-state index >= 15 is 0 Å². The first-order valence-electron chi connectivity index (χ1n) is 13.1. The van der Waals surface area contributed by atoms with Crippen molar-refractivity contribution in [3.05, 3.63) is 48.2 Å². The van der Waals surface area contributed by atoms with Gasteiger partial charge in [-0.1, -0.05) is 18.9 Å². The number of aromatic nitrogens is 1. The Labute approximate surface area is 236 Å². The first-order valence-corrected chi connectivity index (χ1v) is 14.6. The van der Waals surface area contributed by atoms with Crippen LogP contribution in [0.15, 0.2) is 47.4 Å². The van der Waals surface area contributed by atoms with Crippen LogP contribution in [-0.2, 0) is 21.4 Å². The number of alkyl halides is 3. The number of nitrogens with one attached hydrogen (secondary N) is 2. The third-order valence-electron chi connectivity index (χ3n) is 6.88. The maximum Gasteiger partial charge on any atom is 0.406 e. The van der Waals surface area contributed by atoms with E-state index in [0.29, 0.717) is 41.8 Å². The minimum atomic E-state index is -4.46. The fourth-order valence-corrected chi connectivity index (χ4v) is 5.38. The molecule has 1 aliphatic heterocycles. The number of primary sulfonamides is 1. The van der Waals surface area contributed by atoms with Crippen molar-refractivity contribution in [1.82, 2.24) is 9.47 Å². The molecule has 0 bridgehead atoms. The molecule has 0 radical (unpaired) electrons. The lowest BCUT2D eigenvalue weighted by molar-refractivity contribution is -0.140. The molecule has 2 aromatic carbocycles. The maximum atomic E-state index is 13.5. The van der Waals surface area contributed by atoms with Crippen molar-refractivity contribution < 1.29 is 31.1 Å². The average molecular weight is 592 g/mol. The predicted octanol–water partition coefficient (Wildman–Crippen LogP) is 4.14. The molecule has 0 spiro atoms. The van der Waals surface area contributed by atoms with Crippen LogP contribution in [0.4, 0.5) is 24.5 Å². The number of rotatable bonds is 8. The van der Waals surface area contributed by atoms with Crippen LogP contribution in [0.5, 0.6) is 5.75 Å². The number of halogens is 3. The summed E-state index contributed by atoms with van der Waals surface area (Å²) in [4.78, 5) is 13.7. The second-order valence-electron chi connectivity index (χ2n) is 9.68. The Bertz CT molecular complexity index is 1580. The molecule has 0 saturated carbocycles. The number of piperidine rings is 1. The van der Waals surface area contributed by atoms with Gasteiger partial charge in [0.25, 0.3) is 0 Å². The fourth-order valence-electron chi connectivity index (χ4n) is 4.85. The van der Waals surface area contributed by atoms with E-state index < -0.39 is 22.7 Å². The highest BCUT2D eigenvalue weighted by Crippen LogP contribution is 2.31. The van der Waals surface area contributed by atoms with Gasteiger partial charge in [-0.15, -0.1) is 0 Å². The van der Waals surface area contributed by atoms with Crippen LogP contribution in [0.3, 0.4) is 0 Å². The highest BCUT2D eigenvalue weighted by atomic mass is 32.2. The summed E-state index contributed by atoms with van der Waals surface area (Å²) in [6.07, 6.45) is -2.51. The second kappa shape index (κ2) is 12.3. The Balaban J connectivity index is 1.56. The van der Waals surface area contributed by atoms with E-state index in [2.05, 4.69) is 22.5 Å². The van der Waals surface area contributed by atoms with Crippen molar-refractivity contribution in [2.45, 2.75) is 49.8 Å². The number of fused-ring (bicyclic) bond motifs is 1. The van der Waals surface area contributed by atoms with E-state index in [-0.39, 0.29) is 34.8 Å². The fraction of sp³-hybridized carbons (Fsp3) is 0.393. The predicted molar refractivity (Wildman–Crippen MR) is 151 cm³/mol. The molecule has 0 unspecified atom stereocenters. The van der Waals surface area contributed by atoms with E-state index in [0.717, 1.165) is 17.4 Å². The largest absolute Gasteiger partial charge is 0.495 e. The SMILES string of the molecule is CCC(=O)N1CCC(Nc2cccc3c2cc(C#CCNc2ccc(S(N)(=O)=O)cc2OC)n3CC(F)(F)F)CC1. The molecule has 2 heterocycles. The molecule has 220 valence electrons. The van der Waals surface area contributed by atoms with Gasteiger partial charge in [0.15, 0.2) is 0 Å². The Hall–Kier alpha value is -3.89. The Morgan fingerprint density at radius 1 is 1.15 bits per heavy atom. The van der Waals surface area contributed by atoms with Gasteiger partial charge in [0.2, 0.25) is 15.9 Å². The number of methoxy groups -OCH3 is 1. The lowest BCUT2D eigenvalue weighted by Gasteiger charge is -2.33. The van der Waals surface area contributed by atoms with E-state index in [4.69, 9.17) is 9.88 Å². The molecule has 3 aromatic rings. The lowest BCUT2D eigenvalue weighted by atomic mass is 10.0. The number of carbonyl (C=O) groups is 1. The molecule has 1 aliphatic rings. The van der Waals surface area contributed by atoms with Crippen LogP contribution in [0.25, 0.3) is 10.9 Å². The number of amides is 1. The first-order chi connectivity index (χ1) is 19.4. The summed E-state index contributed by atoms with van der Waals surface area (Å²) in [7, 11) is -2.55. The molecule has 13 heteroatoms. The summed E-state index contributed by atoms with van der Waals surface area (Å²) in [6.45, 7) is 1.96. The molecule has 1 saturated heterocycles. The van der Waals surface area contributed by atoms with Gasteiger partial charge >= 0.3 is 6.18 Å². The summed E-state index contributed by atoms with van der Waals surface area (Å²) in [5.74, 6) is 6.04. The molecule has 1 fully saturated rings. The highest BCUT2D eigenvalue weighted by molar-refractivity contribution is 7.89. The quantitative estimate of drug-likeness (QED) is 0.339. The zero-order valence-corrected chi connectivity index (χ0v) is 23.5. The Morgan fingerprint density at radius 2 is 1.88 bits per heavy atom. The molecular weight excluding hydrogens is 559 g/mol. The molecule has 1 amide bonds. The molecule has 1 aromatic heterocycles. The minimum absolute atomic E-state index is 0.0544. The number of hydrogen-bond acceptors (Lipinski definition) is 6. The summed E-state index contributed by atoms with van der Waals surface area (Å²) in [6, 6.07) is 11.0. The number of hydrogen-bond donors (Lipinski definition) is 3. The molecule has 9 nitrogen and oxygen atoms in total. The zero-order chi connectivity index (χ0) is 29.8. The molecule has 4 N–H and O–H groups in total. The van der Waals surface area contributed by atoms with E-state index in [1.54, 1.807) is 18.2 Å². The number of ether oxygens (including phenoxy) is 1. The van der Waals surface area contributed by atoms with E-state index in [1.165, 1.54) is 25.3 Å². The van der Waals surface area contributed by atoms with Gasteiger partial charge in [-0.05, 0) is 49.1 Å². The van der Waals surface area contributed by atoms with Gasteiger partial charge in [0.1, 0.15) is 12.3 Å². The van der Waals surface area contributed by atoms with Crippen molar-refractivity contribution in [2.24, 2.45) is 5.14 Å². The van der Waals surface area contributed by atoms with Crippen LogP contribution in [-0.4, -0.2) is 62.8 Å². The third-order valence-corrected chi connectivity index (χ3v) is 7.79. The van der Waals surface area contributed by atoms with Crippen LogP contribution in [0.2, 0.25) is 0 Å². The van der Waals surface area contributed by atoms with Gasteiger partial charge in [0, 0.05) is 42.7 Å². The zero-order valence-electron chi connectivity index (χ0n) is 22.7. The van der Waals surface area contributed by atoms with Crippen LogP contribution in [0.1, 0.15) is 31.9 Å². The van der Waals surface area contributed by atoms with Crippen LogP contribution >= 0.6 is 0 Å². The van der Waals surface area contributed by atoms with Crippen molar-refractivity contribution in [1.29, 1.82) is 0 Å². The summed E-state index contributed by atoms with van der Waals surface area (Å²) < 4.78 is 70.2. The first kappa shape index (κ1) is 30.1. The van der Waals surface area contributed by atoms with Gasteiger partial charge in [-0.3, -0.25) is 4.79 Å². The van der Waals surface area contributed by atoms with Crippen molar-refractivity contribution in [3.63, 3.8) is 0 Å². The number of nitrogens with two attached hydrogens (primary N) is 1. The molecule has 4 rings (SSSR count). The second-order valence-corrected chi connectivity index (χ2v) is 11.2. The third kappa shape index (κ3) is 7.45. The van der Waals surface area contributed by atoms with Gasteiger partial charge in [-0.2, -0.15) is 13.2 Å². The van der Waals surface area contributed by atoms with Crippen LogP contribution < -0.4 is 20.5 Å². The number of likely N-dealkylation sites (tertiary alicyclic amines) is 1. The maximum absolute atomic E-state index is 13.5. The standard InChI is InChI=1S/C28H32F3N5O4S/c1-3-27(37)35-14-11-19(12-15-35)34-23-7-4-8-25-22(23)16-20(36(25)18-28(29,30)31)6-5-13-33-24-10-9-21(41(32,38)39)17-26(24)40-2/h4,7-10,16-17,19,33-34H,3,11-15,18H2,1-2H3,(H2,32,38,39). The molecular formula is C28H32F3N5O4S. The summed E-state index contributed by atoms with van der Waals surface area (Å²) >= 11 is 0. The van der Waals surface area contributed by atoms with Gasteiger partial charge < -0.3 is 24.8 Å². The molecule has 41 heavy (non-hydrogen) atoms. The average Bonchev–Trinajstić information content (AvgIpc) is 3.27. The Morgan fingerprint density at radius 3 is 2.51 bits per heavy atom. The van der Waals surface area contributed by atoms with E-state index in [9.17, 15) is 26.4 Å². The minimum Gasteiger partial charge on any atom is -0.495 e. The van der Waals surface area contributed by atoms with Crippen molar-refractivity contribution in [3.8, 4) is 17.6 Å². The van der Waals surface area contributed by atoms with Crippen molar-refractivity contribution >= 4 is 38.2 Å². The Kier molecular flexibility index (Phi) is 9.04. The molecule has 0 atom stereocenters.